The first-order valence-electron chi connectivity index (χ1n) is 6.37. The van der Waals surface area contributed by atoms with Crippen molar-refractivity contribution in [1.29, 1.82) is 5.41 Å². The van der Waals surface area contributed by atoms with E-state index in [0.717, 1.165) is 0 Å². The molecule has 1 aliphatic rings. The van der Waals surface area contributed by atoms with Crippen molar-refractivity contribution in [2.75, 3.05) is 6.61 Å². The van der Waals surface area contributed by atoms with E-state index in [4.69, 9.17) is 21.0 Å². The zero-order chi connectivity index (χ0) is 16.3. The van der Waals surface area contributed by atoms with Crippen LogP contribution in [0.15, 0.2) is 35.7 Å². The minimum atomic E-state index is -2.96. The third-order valence-corrected chi connectivity index (χ3v) is 3.11. The molecule has 22 heavy (non-hydrogen) atoms. The zero-order valence-electron chi connectivity index (χ0n) is 11.4. The van der Waals surface area contributed by atoms with Crippen LogP contribution in [0.2, 0.25) is 0 Å². The average molecular weight is 312 g/mol. The summed E-state index contributed by atoms with van der Waals surface area (Å²) in [5.74, 6) is -1.81. The normalized spacial score (nSPS) is 18.0. The molecule has 1 atom stereocenters. The monoisotopic (exact) mass is 312 g/mol. The van der Waals surface area contributed by atoms with E-state index in [-0.39, 0.29) is 41.5 Å². The van der Waals surface area contributed by atoms with Gasteiger partial charge in [-0.05, 0) is 12.1 Å². The highest BCUT2D eigenvalue weighted by Crippen LogP contribution is 2.25. The Morgan fingerprint density at radius 3 is 2.82 bits per heavy atom. The Hall–Kier alpha value is -2.64. The maximum Gasteiger partial charge on any atom is 0.387 e. The highest BCUT2D eigenvalue weighted by atomic mass is 19.3. The molecule has 0 radical (unpaired) electrons. The Kier molecular flexibility index (Phi) is 4.59. The van der Waals surface area contributed by atoms with Gasteiger partial charge < -0.3 is 20.3 Å². The van der Waals surface area contributed by atoms with Crippen LogP contribution in [-0.2, 0) is 9.53 Å². The molecule has 0 spiro atoms. The summed E-state index contributed by atoms with van der Waals surface area (Å²) in [6.07, 6.45) is 0.0697. The summed E-state index contributed by atoms with van der Waals surface area (Å²) in [5, 5.41) is 17.0. The zero-order valence-corrected chi connectivity index (χ0v) is 11.4. The summed E-state index contributed by atoms with van der Waals surface area (Å²) in [5.41, 5.74) is 6.08. The second-order valence-corrected chi connectivity index (χ2v) is 4.69. The first-order chi connectivity index (χ1) is 10.4. The van der Waals surface area contributed by atoms with E-state index in [2.05, 4.69) is 4.74 Å². The summed E-state index contributed by atoms with van der Waals surface area (Å²) in [6, 6.07) is 5.58. The summed E-state index contributed by atoms with van der Waals surface area (Å²) in [4.78, 5) is 10.9. The van der Waals surface area contributed by atoms with Gasteiger partial charge in [-0.3, -0.25) is 10.2 Å². The van der Waals surface area contributed by atoms with Gasteiger partial charge in [-0.15, -0.1) is 0 Å². The van der Waals surface area contributed by atoms with Crippen molar-refractivity contribution in [3.8, 4) is 5.75 Å². The van der Waals surface area contributed by atoms with Crippen LogP contribution in [0.25, 0.3) is 0 Å². The number of benzene rings is 1. The number of carboxylic acids is 1. The first-order valence-corrected chi connectivity index (χ1v) is 6.37. The number of hydrogen-bond donors (Lipinski definition) is 3. The number of ether oxygens (including phenoxy) is 2. The van der Waals surface area contributed by atoms with Gasteiger partial charge in [0.05, 0.1) is 11.6 Å². The highest BCUT2D eigenvalue weighted by Gasteiger charge is 2.28. The first kappa shape index (κ1) is 15.7. The van der Waals surface area contributed by atoms with Crippen LogP contribution in [0, 0.1) is 11.3 Å². The van der Waals surface area contributed by atoms with Gasteiger partial charge in [0.15, 0.2) is 5.76 Å². The Morgan fingerprint density at radius 1 is 1.50 bits per heavy atom. The van der Waals surface area contributed by atoms with E-state index in [1.165, 1.54) is 24.3 Å². The number of carboxylic acid groups (broad SMARTS) is 1. The maximum atomic E-state index is 12.2. The lowest BCUT2D eigenvalue weighted by Gasteiger charge is -2.24. The minimum Gasteiger partial charge on any atom is -0.489 e. The van der Waals surface area contributed by atoms with E-state index in [9.17, 15) is 13.6 Å². The lowest BCUT2D eigenvalue weighted by atomic mass is 9.98. The average Bonchev–Trinajstić information content (AvgIpc) is 2.46. The molecular formula is C14H14F2N2O4. The molecule has 8 heteroatoms. The number of hydrogen-bond acceptors (Lipinski definition) is 5. The largest absolute Gasteiger partial charge is 0.489 e. The molecular weight excluding hydrogens is 298 g/mol. The van der Waals surface area contributed by atoms with Gasteiger partial charge >= 0.3 is 12.6 Å². The molecule has 1 aromatic rings. The summed E-state index contributed by atoms with van der Waals surface area (Å²) >= 11 is 0. The third-order valence-electron chi connectivity index (χ3n) is 3.11. The lowest BCUT2D eigenvalue weighted by molar-refractivity contribution is -0.143. The molecule has 1 heterocycles. The second-order valence-electron chi connectivity index (χ2n) is 4.69. The fraction of sp³-hybridized carbons (Fsp3) is 0.286. The smallest absolute Gasteiger partial charge is 0.387 e. The van der Waals surface area contributed by atoms with Crippen LogP contribution < -0.4 is 10.5 Å². The number of aliphatic carboxylic acids is 1. The molecule has 1 aliphatic heterocycles. The molecule has 1 aromatic carbocycles. The molecule has 0 bridgehead atoms. The molecule has 0 amide bonds. The number of allylic oxidation sites excluding steroid dienone is 2. The van der Waals surface area contributed by atoms with Crippen LogP contribution in [0.1, 0.15) is 12.0 Å². The van der Waals surface area contributed by atoms with Gasteiger partial charge in [-0.2, -0.15) is 8.78 Å². The molecule has 0 saturated heterocycles. The van der Waals surface area contributed by atoms with Crippen LogP contribution in [0.3, 0.4) is 0 Å². The second kappa shape index (κ2) is 6.42. The van der Waals surface area contributed by atoms with Gasteiger partial charge in [0, 0.05) is 12.0 Å². The van der Waals surface area contributed by atoms with Gasteiger partial charge in [0.2, 0.25) is 0 Å². The van der Waals surface area contributed by atoms with Crippen molar-refractivity contribution in [3.05, 3.63) is 41.3 Å². The number of halogens is 2. The van der Waals surface area contributed by atoms with Gasteiger partial charge in [0.1, 0.15) is 18.1 Å². The van der Waals surface area contributed by atoms with E-state index in [1.807, 2.05) is 0 Å². The van der Waals surface area contributed by atoms with Crippen LogP contribution in [-0.4, -0.2) is 30.0 Å². The molecule has 0 saturated carbocycles. The molecule has 0 aliphatic carbocycles. The topological polar surface area (TPSA) is 106 Å². The summed E-state index contributed by atoms with van der Waals surface area (Å²) in [7, 11) is 0. The number of rotatable bonds is 5. The Bertz CT molecular complexity index is 631. The highest BCUT2D eigenvalue weighted by molar-refractivity contribution is 6.10. The maximum absolute atomic E-state index is 12.2. The SMILES string of the molecule is N=C(C1=C(N)CC(C(=O)O)CO1)c1cccc(OC(F)F)c1. The van der Waals surface area contributed by atoms with Crippen molar-refractivity contribution in [1.82, 2.24) is 0 Å². The summed E-state index contributed by atoms with van der Waals surface area (Å²) < 4.78 is 33.9. The molecule has 0 aromatic heterocycles. The predicted octanol–water partition coefficient (Wildman–Crippen LogP) is 1.95. The van der Waals surface area contributed by atoms with Crippen molar-refractivity contribution in [3.63, 3.8) is 0 Å². The number of alkyl halides is 2. The Balaban J connectivity index is 2.21. The molecule has 2 rings (SSSR count). The Morgan fingerprint density at radius 2 is 2.23 bits per heavy atom. The molecule has 4 N–H and O–H groups in total. The van der Waals surface area contributed by atoms with Crippen molar-refractivity contribution in [2.45, 2.75) is 13.0 Å². The van der Waals surface area contributed by atoms with Gasteiger partial charge in [0.25, 0.3) is 0 Å². The van der Waals surface area contributed by atoms with E-state index in [0.29, 0.717) is 0 Å². The van der Waals surface area contributed by atoms with Gasteiger partial charge in [-0.1, -0.05) is 12.1 Å². The van der Waals surface area contributed by atoms with Gasteiger partial charge in [-0.25, -0.2) is 0 Å². The van der Waals surface area contributed by atoms with E-state index >= 15 is 0 Å². The lowest BCUT2D eigenvalue weighted by Crippen LogP contribution is -2.30. The third kappa shape index (κ3) is 3.51. The Labute approximate surface area is 124 Å². The fourth-order valence-corrected chi connectivity index (χ4v) is 2.04. The minimum absolute atomic E-state index is 0.0618. The number of carbonyl (C=O) groups is 1. The predicted molar refractivity (Wildman–Crippen MR) is 72.8 cm³/mol. The van der Waals surface area contributed by atoms with Crippen LogP contribution >= 0.6 is 0 Å². The van der Waals surface area contributed by atoms with E-state index < -0.39 is 18.5 Å². The molecule has 0 fully saturated rings. The standard InChI is InChI=1S/C14H14F2N2O4/c15-14(16)22-9-3-1-2-7(4-9)11(18)12-10(17)5-8(6-21-12)13(19)20/h1-4,8,14,18H,5-6,17H2,(H,19,20). The van der Waals surface area contributed by atoms with Crippen molar-refractivity contribution in [2.24, 2.45) is 11.7 Å². The van der Waals surface area contributed by atoms with Crippen LogP contribution in [0.5, 0.6) is 5.75 Å². The molecule has 6 nitrogen and oxygen atoms in total. The van der Waals surface area contributed by atoms with Crippen LogP contribution in [0.4, 0.5) is 8.78 Å². The number of nitrogens with one attached hydrogen (secondary N) is 1. The van der Waals surface area contributed by atoms with Crippen molar-refractivity contribution < 1.29 is 28.2 Å². The quantitative estimate of drug-likeness (QED) is 0.721. The van der Waals surface area contributed by atoms with Crippen molar-refractivity contribution >= 4 is 11.7 Å². The molecule has 1 unspecified atom stereocenters. The fourth-order valence-electron chi connectivity index (χ4n) is 2.04. The van der Waals surface area contributed by atoms with E-state index in [1.54, 1.807) is 0 Å². The molecule has 118 valence electrons. The number of nitrogens with two attached hydrogens (primary N) is 1. The summed E-state index contributed by atoms with van der Waals surface area (Å²) in [6.45, 7) is -3.06.